The predicted molar refractivity (Wildman–Crippen MR) is 128 cm³/mol. The first kappa shape index (κ1) is 21.9. The van der Waals surface area contributed by atoms with Gasteiger partial charge in [0.05, 0.1) is 14.2 Å². The van der Waals surface area contributed by atoms with E-state index >= 15 is 0 Å². The van der Waals surface area contributed by atoms with Crippen LogP contribution in [0.1, 0.15) is 18.4 Å². The molecule has 5 nitrogen and oxygen atoms in total. The van der Waals surface area contributed by atoms with Crippen LogP contribution in [0.4, 0.5) is 5.69 Å². The molecule has 1 saturated heterocycles. The Bertz CT molecular complexity index is 1060. The number of ether oxygens (including phenoxy) is 2. The number of carbonyl (C=O) groups excluding carboxylic acids is 1. The smallest absolute Gasteiger partial charge is 0.227 e. The van der Waals surface area contributed by atoms with Gasteiger partial charge < -0.3 is 14.8 Å². The number of likely N-dealkylation sites (tertiary alicyclic amines) is 1. The number of amides is 1. The summed E-state index contributed by atoms with van der Waals surface area (Å²) in [6.45, 7) is 2.64. The zero-order valence-electron chi connectivity index (χ0n) is 18.7. The number of methoxy groups -OCH3 is 2. The minimum Gasteiger partial charge on any atom is -0.497 e. The Morgan fingerprint density at radius 1 is 0.938 bits per heavy atom. The summed E-state index contributed by atoms with van der Waals surface area (Å²) in [5.74, 6) is 1.83. The normalized spacial score (nSPS) is 14.7. The third-order valence-electron chi connectivity index (χ3n) is 6.11. The molecule has 32 heavy (non-hydrogen) atoms. The van der Waals surface area contributed by atoms with Crippen molar-refractivity contribution >= 4 is 11.6 Å². The Labute approximate surface area is 190 Å². The molecule has 4 rings (SSSR count). The van der Waals surface area contributed by atoms with Crippen molar-refractivity contribution in [2.24, 2.45) is 5.92 Å². The molecule has 0 atom stereocenters. The van der Waals surface area contributed by atoms with Gasteiger partial charge in [0.1, 0.15) is 11.5 Å². The number of hydrogen-bond acceptors (Lipinski definition) is 4. The van der Waals surface area contributed by atoms with Crippen LogP contribution in [-0.4, -0.2) is 38.1 Å². The molecule has 1 N–H and O–H groups in total. The lowest BCUT2D eigenvalue weighted by atomic mass is 9.95. The summed E-state index contributed by atoms with van der Waals surface area (Å²) in [5, 5.41) is 3.18. The number of rotatable bonds is 7. The van der Waals surface area contributed by atoms with Crippen molar-refractivity contribution < 1.29 is 14.3 Å². The van der Waals surface area contributed by atoms with Gasteiger partial charge in [-0.3, -0.25) is 9.69 Å². The molecule has 5 heteroatoms. The van der Waals surface area contributed by atoms with E-state index in [-0.39, 0.29) is 11.8 Å². The average molecular weight is 431 g/mol. The van der Waals surface area contributed by atoms with Crippen LogP contribution < -0.4 is 14.8 Å². The number of piperidine rings is 1. The van der Waals surface area contributed by atoms with E-state index in [0.717, 1.165) is 60.8 Å². The number of anilines is 1. The van der Waals surface area contributed by atoms with Crippen LogP contribution >= 0.6 is 0 Å². The zero-order valence-corrected chi connectivity index (χ0v) is 18.7. The molecule has 0 radical (unpaired) electrons. The maximum atomic E-state index is 13.1. The van der Waals surface area contributed by atoms with Crippen molar-refractivity contribution in [3.05, 3.63) is 78.4 Å². The first-order chi connectivity index (χ1) is 15.7. The second-order valence-electron chi connectivity index (χ2n) is 8.13. The van der Waals surface area contributed by atoms with Crippen molar-refractivity contribution in [1.82, 2.24) is 4.90 Å². The van der Waals surface area contributed by atoms with Gasteiger partial charge in [0.15, 0.2) is 0 Å². The summed E-state index contributed by atoms with van der Waals surface area (Å²) in [6.07, 6.45) is 1.70. The molecule has 3 aromatic rings. The van der Waals surface area contributed by atoms with Crippen molar-refractivity contribution in [3.63, 3.8) is 0 Å². The largest absolute Gasteiger partial charge is 0.497 e. The van der Waals surface area contributed by atoms with E-state index in [1.54, 1.807) is 14.2 Å². The van der Waals surface area contributed by atoms with E-state index in [4.69, 9.17) is 9.47 Å². The minimum atomic E-state index is 0.0160. The van der Waals surface area contributed by atoms with Crippen LogP contribution in [0.2, 0.25) is 0 Å². The van der Waals surface area contributed by atoms with Crippen LogP contribution in [0, 0.1) is 5.92 Å². The lowest BCUT2D eigenvalue weighted by molar-refractivity contribution is -0.121. The summed E-state index contributed by atoms with van der Waals surface area (Å²) >= 11 is 0. The lowest BCUT2D eigenvalue weighted by Crippen LogP contribution is -2.37. The maximum Gasteiger partial charge on any atom is 0.227 e. The van der Waals surface area contributed by atoms with E-state index in [2.05, 4.69) is 16.3 Å². The first-order valence-corrected chi connectivity index (χ1v) is 11.1. The molecule has 0 aliphatic carbocycles. The SMILES string of the molecule is COc1cccc(-c2ccccc2NC(=O)C2CCN(Cc3ccccc3OC)CC2)c1. The second kappa shape index (κ2) is 10.3. The standard InChI is InChI=1S/C27H30N2O3/c1-31-23-10-7-9-21(18-23)24-11-4-5-12-25(24)28-27(30)20-14-16-29(17-15-20)19-22-8-3-6-13-26(22)32-2/h3-13,18,20H,14-17,19H2,1-2H3,(H,28,30). The second-order valence-corrected chi connectivity index (χ2v) is 8.13. The maximum absolute atomic E-state index is 13.1. The molecule has 0 saturated carbocycles. The summed E-state index contributed by atoms with van der Waals surface area (Å²) in [5.41, 5.74) is 4.03. The fourth-order valence-electron chi connectivity index (χ4n) is 4.30. The monoisotopic (exact) mass is 430 g/mol. The Morgan fingerprint density at radius 3 is 2.47 bits per heavy atom. The van der Waals surface area contributed by atoms with Gasteiger partial charge in [-0.2, -0.15) is 0 Å². The van der Waals surface area contributed by atoms with Crippen molar-refractivity contribution in [3.8, 4) is 22.6 Å². The summed E-state index contributed by atoms with van der Waals surface area (Å²) in [4.78, 5) is 15.5. The summed E-state index contributed by atoms with van der Waals surface area (Å²) in [7, 11) is 3.37. The van der Waals surface area contributed by atoms with E-state index in [0.29, 0.717) is 0 Å². The van der Waals surface area contributed by atoms with Gasteiger partial charge in [-0.1, -0.05) is 48.5 Å². The Balaban J connectivity index is 1.39. The number of hydrogen-bond donors (Lipinski definition) is 1. The molecule has 0 aromatic heterocycles. The Morgan fingerprint density at radius 2 is 1.69 bits per heavy atom. The van der Waals surface area contributed by atoms with E-state index in [9.17, 15) is 4.79 Å². The van der Waals surface area contributed by atoms with Crippen LogP contribution in [0.3, 0.4) is 0 Å². The molecule has 0 unspecified atom stereocenters. The first-order valence-electron chi connectivity index (χ1n) is 11.1. The molecule has 1 aliphatic heterocycles. The molecule has 1 aliphatic rings. The Hall–Kier alpha value is -3.31. The van der Waals surface area contributed by atoms with Crippen molar-refractivity contribution in [2.75, 3.05) is 32.6 Å². The highest BCUT2D eigenvalue weighted by molar-refractivity contribution is 5.96. The molecule has 1 amide bonds. The molecule has 1 heterocycles. The van der Waals surface area contributed by atoms with E-state index in [1.807, 2.05) is 66.7 Å². The summed E-state index contributed by atoms with van der Waals surface area (Å²) < 4.78 is 10.8. The van der Waals surface area contributed by atoms with E-state index < -0.39 is 0 Å². The number of benzene rings is 3. The third-order valence-corrected chi connectivity index (χ3v) is 6.11. The van der Waals surface area contributed by atoms with Gasteiger partial charge in [-0.25, -0.2) is 0 Å². The average Bonchev–Trinajstić information content (AvgIpc) is 2.85. The predicted octanol–water partition coefficient (Wildman–Crippen LogP) is 5.22. The zero-order chi connectivity index (χ0) is 22.3. The van der Waals surface area contributed by atoms with Gasteiger partial charge in [-0.15, -0.1) is 0 Å². The molecule has 0 spiro atoms. The van der Waals surface area contributed by atoms with Gasteiger partial charge in [0.25, 0.3) is 0 Å². The van der Waals surface area contributed by atoms with Gasteiger partial charge in [0.2, 0.25) is 5.91 Å². The highest BCUT2D eigenvalue weighted by Gasteiger charge is 2.26. The lowest BCUT2D eigenvalue weighted by Gasteiger charge is -2.31. The van der Waals surface area contributed by atoms with Crippen LogP contribution in [0.25, 0.3) is 11.1 Å². The van der Waals surface area contributed by atoms with Gasteiger partial charge in [-0.05, 0) is 55.8 Å². The topological polar surface area (TPSA) is 50.8 Å². The highest BCUT2D eigenvalue weighted by Crippen LogP contribution is 2.31. The fraction of sp³-hybridized carbons (Fsp3) is 0.296. The number of nitrogens with one attached hydrogen (secondary N) is 1. The van der Waals surface area contributed by atoms with Crippen LogP contribution in [-0.2, 0) is 11.3 Å². The Kier molecular flexibility index (Phi) is 7.07. The molecular formula is C27H30N2O3. The number of para-hydroxylation sites is 2. The van der Waals surface area contributed by atoms with E-state index in [1.165, 1.54) is 5.56 Å². The number of nitrogens with zero attached hydrogens (tertiary/aromatic N) is 1. The quantitative estimate of drug-likeness (QED) is 0.558. The molecular weight excluding hydrogens is 400 g/mol. The van der Waals surface area contributed by atoms with Crippen molar-refractivity contribution in [1.29, 1.82) is 0 Å². The molecule has 1 fully saturated rings. The minimum absolute atomic E-state index is 0.0160. The van der Waals surface area contributed by atoms with Crippen LogP contribution in [0.5, 0.6) is 11.5 Å². The van der Waals surface area contributed by atoms with Crippen LogP contribution in [0.15, 0.2) is 72.8 Å². The highest BCUT2D eigenvalue weighted by atomic mass is 16.5. The van der Waals surface area contributed by atoms with Gasteiger partial charge >= 0.3 is 0 Å². The molecule has 166 valence electrons. The third kappa shape index (κ3) is 5.11. The summed E-state index contributed by atoms with van der Waals surface area (Å²) in [6, 6.07) is 24.0. The fourth-order valence-corrected chi connectivity index (χ4v) is 4.30. The van der Waals surface area contributed by atoms with Gasteiger partial charge in [0, 0.05) is 29.3 Å². The molecule has 3 aromatic carbocycles. The van der Waals surface area contributed by atoms with Crippen molar-refractivity contribution in [2.45, 2.75) is 19.4 Å². The number of carbonyl (C=O) groups is 1. The molecule has 0 bridgehead atoms.